The topological polar surface area (TPSA) is 72.9 Å². The smallest absolute Gasteiger partial charge is 0.323 e. The van der Waals surface area contributed by atoms with Gasteiger partial charge in [0.15, 0.2) is 0 Å². The monoisotopic (exact) mass is 271 g/mol. The van der Waals surface area contributed by atoms with Crippen LogP contribution in [0.2, 0.25) is 0 Å². The molecule has 0 bridgehead atoms. The highest BCUT2D eigenvalue weighted by atomic mass is 16.4. The fourth-order valence-electron chi connectivity index (χ4n) is 2.37. The number of carboxylic acid groups (broad SMARTS) is 1. The maximum Gasteiger partial charge on any atom is 0.323 e. The van der Waals surface area contributed by atoms with Gasteiger partial charge in [-0.2, -0.15) is 0 Å². The number of hydrogen-bond acceptors (Lipinski definition) is 3. The van der Waals surface area contributed by atoms with E-state index in [0.29, 0.717) is 12.6 Å². The molecule has 2 unspecified atom stereocenters. The Hall–Kier alpha value is -1.30. The van der Waals surface area contributed by atoms with E-state index in [1.54, 1.807) is 0 Å². The number of nitrogens with one attached hydrogen (secondary N) is 1. The highest BCUT2D eigenvalue weighted by molar-refractivity contribution is 5.80. The minimum Gasteiger partial charge on any atom is -0.480 e. The zero-order chi connectivity index (χ0) is 14.4. The standard InChI is InChI=1S/C13H25N3O3/c1-4-6-16(9-12(17)18)13(19)14-11-5-7-15(3)10(2)8-11/h10-11H,4-9H2,1-3H3,(H,14,19)(H,17,18). The number of aliphatic carboxylic acids is 1. The van der Waals surface area contributed by atoms with E-state index in [2.05, 4.69) is 24.2 Å². The first-order valence-corrected chi connectivity index (χ1v) is 6.91. The minimum atomic E-state index is -0.972. The molecule has 1 fully saturated rings. The Kier molecular flexibility index (Phi) is 6.08. The maximum absolute atomic E-state index is 12.1. The van der Waals surface area contributed by atoms with Crippen LogP contribution < -0.4 is 5.32 Å². The molecule has 1 rings (SSSR count). The lowest BCUT2D eigenvalue weighted by Gasteiger charge is -2.36. The first-order valence-electron chi connectivity index (χ1n) is 6.91. The second kappa shape index (κ2) is 7.33. The summed E-state index contributed by atoms with van der Waals surface area (Å²) in [6, 6.07) is 0.330. The largest absolute Gasteiger partial charge is 0.480 e. The molecule has 19 heavy (non-hydrogen) atoms. The van der Waals surface area contributed by atoms with Gasteiger partial charge in [0.1, 0.15) is 6.54 Å². The zero-order valence-electron chi connectivity index (χ0n) is 12.1. The minimum absolute atomic E-state index is 0.145. The lowest BCUT2D eigenvalue weighted by molar-refractivity contribution is -0.137. The summed E-state index contributed by atoms with van der Waals surface area (Å²) in [5, 5.41) is 11.8. The van der Waals surface area contributed by atoms with E-state index in [1.165, 1.54) is 4.90 Å². The summed E-state index contributed by atoms with van der Waals surface area (Å²) in [5.74, 6) is -0.972. The molecule has 2 N–H and O–H groups in total. The van der Waals surface area contributed by atoms with Gasteiger partial charge in [-0.05, 0) is 33.2 Å². The number of carbonyl (C=O) groups excluding carboxylic acids is 1. The number of carbonyl (C=O) groups is 2. The Morgan fingerprint density at radius 3 is 2.68 bits per heavy atom. The molecule has 0 aliphatic carbocycles. The second-order valence-electron chi connectivity index (χ2n) is 5.32. The van der Waals surface area contributed by atoms with Gasteiger partial charge in [-0.15, -0.1) is 0 Å². The average molecular weight is 271 g/mol. The summed E-state index contributed by atoms with van der Waals surface area (Å²) in [4.78, 5) is 26.4. The fourth-order valence-corrected chi connectivity index (χ4v) is 2.37. The van der Waals surface area contributed by atoms with E-state index in [0.717, 1.165) is 25.8 Å². The molecule has 0 spiro atoms. The summed E-state index contributed by atoms with van der Waals surface area (Å²) >= 11 is 0. The summed E-state index contributed by atoms with van der Waals surface area (Å²) in [6.07, 6.45) is 2.58. The number of rotatable bonds is 5. The Balaban J connectivity index is 2.49. The Bertz CT molecular complexity index is 322. The van der Waals surface area contributed by atoms with Crippen molar-refractivity contribution in [2.45, 2.75) is 45.2 Å². The normalized spacial score (nSPS) is 23.9. The van der Waals surface area contributed by atoms with Crippen LogP contribution in [0.15, 0.2) is 0 Å². The molecule has 2 amide bonds. The summed E-state index contributed by atoms with van der Waals surface area (Å²) in [5.41, 5.74) is 0. The Labute approximate surface area is 114 Å². The van der Waals surface area contributed by atoms with Crippen molar-refractivity contribution in [3.8, 4) is 0 Å². The van der Waals surface area contributed by atoms with Crippen LogP contribution in [-0.4, -0.2) is 65.7 Å². The van der Waals surface area contributed by atoms with Gasteiger partial charge in [0.2, 0.25) is 0 Å². The molecule has 1 aliphatic heterocycles. The van der Waals surface area contributed by atoms with Crippen LogP contribution in [-0.2, 0) is 4.79 Å². The zero-order valence-corrected chi connectivity index (χ0v) is 12.1. The number of likely N-dealkylation sites (tertiary alicyclic amines) is 1. The molecule has 0 saturated carbocycles. The molecule has 0 aromatic rings. The second-order valence-corrected chi connectivity index (χ2v) is 5.32. The predicted molar refractivity (Wildman–Crippen MR) is 73.1 cm³/mol. The maximum atomic E-state index is 12.1. The van der Waals surface area contributed by atoms with Crippen LogP contribution in [0.25, 0.3) is 0 Å². The molecule has 0 radical (unpaired) electrons. The van der Waals surface area contributed by atoms with E-state index in [-0.39, 0.29) is 18.6 Å². The Morgan fingerprint density at radius 2 is 2.16 bits per heavy atom. The summed E-state index contributed by atoms with van der Waals surface area (Å²) < 4.78 is 0. The van der Waals surface area contributed by atoms with Crippen molar-refractivity contribution < 1.29 is 14.7 Å². The number of urea groups is 1. The first kappa shape index (κ1) is 15.8. The van der Waals surface area contributed by atoms with Gasteiger partial charge < -0.3 is 20.2 Å². The molecule has 2 atom stereocenters. The van der Waals surface area contributed by atoms with Crippen molar-refractivity contribution in [2.24, 2.45) is 0 Å². The van der Waals surface area contributed by atoms with E-state index in [4.69, 9.17) is 5.11 Å². The fraction of sp³-hybridized carbons (Fsp3) is 0.846. The molecule has 1 heterocycles. The van der Waals surface area contributed by atoms with Gasteiger partial charge in [-0.25, -0.2) is 4.79 Å². The van der Waals surface area contributed by atoms with E-state index < -0.39 is 5.97 Å². The van der Waals surface area contributed by atoms with E-state index >= 15 is 0 Å². The molecule has 1 aliphatic rings. The van der Waals surface area contributed by atoms with E-state index in [1.807, 2.05) is 6.92 Å². The van der Waals surface area contributed by atoms with Crippen LogP contribution in [0.3, 0.4) is 0 Å². The van der Waals surface area contributed by atoms with Gasteiger partial charge in [0.25, 0.3) is 0 Å². The first-order chi connectivity index (χ1) is 8.93. The van der Waals surface area contributed by atoms with Crippen LogP contribution in [0, 0.1) is 0 Å². The molecule has 110 valence electrons. The third kappa shape index (κ3) is 5.06. The highest BCUT2D eigenvalue weighted by Gasteiger charge is 2.25. The summed E-state index contributed by atoms with van der Waals surface area (Å²) in [7, 11) is 2.08. The van der Waals surface area contributed by atoms with Crippen LogP contribution >= 0.6 is 0 Å². The van der Waals surface area contributed by atoms with Crippen molar-refractivity contribution in [1.82, 2.24) is 15.1 Å². The molecular weight excluding hydrogens is 246 g/mol. The highest BCUT2D eigenvalue weighted by Crippen LogP contribution is 2.15. The molecule has 0 aromatic heterocycles. The number of nitrogens with zero attached hydrogens (tertiary/aromatic N) is 2. The summed E-state index contributed by atoms with van der Waals surface area (Å²) in [6.45, 7) is 5.26. The third-order valence-electron chi connectivity index (χ3n) is 3.64. The predicted octanol–water partition coefficient (Wildman–Crippen LogP) is 0.975. The molecule has 6 heteroatoms. The average Bonchev–Trinajstić information content (AvgIpc) is 2.33. The van der Waals surface area contributed by atoms with Gasteiger partial charge in [-0.1, -0.05) is 6.92 Å². The number of amides is 2. The quantitative estimate of drug-likeness (QED) is 0.781. The van der Waals surface area contributed by atoms with Crippen molar-refractivity contribution in [2.75, 3.05) is 26.7 Å². The Morgan fingerprint density at radius 1 is 1.47 bits per heavy atom. The SMILES string of the molecule is CCCN(CC(=O)O)C(=O)NC1CCN(C)C(C)C1. The van der Waals surface area contributed by atoms with Crippen LogP contribution in [0.1, 0.15) is 33.1 Å². The molecule has 0 aromatic carbocycles. The van der Waals surface area contributed by atoms with Crippen molar-refractivity contribution in [3.05, 3.63) is 0 Å². The molecule has 6 nitrogen and oxygen atoms in total. The lowest BCUT2D eigenvalue weighted by Crippen LogP contribution is -2.51. The number of carboxylic acids is 1. The van der Waals surface area contributed by atoms with Crippen molar-refractivity contribution in [1.29, 1.82) is 0 Å². The van der Waals surface area contributed by atoms with Gasteiger partial charge in [-0.3, -0.25) is 4.79 Å². The van der Waals surface area contributed by atoms with E-state index in [9.17, 15) is 9.59 Å². The molecular formula is C13H25N3O3. The molecule has 1 saturated heterocycles. The van der Waals surface area contributed by atoms with Crippen LogP contribution in [0.5, 0.6) is 0 Å². The number of hydrogen-bond donors (Lipinski definition) is 2. The van der Waals surface area contributed by atoms with Gasteiger partial charge >= 0.3 is 12.0 Å². The van der Waals surface area contributed by atoms with Gasteiger partial charge in [0, 0.05) is 25.2 Å². The third-order valence-corrected chi connectivity index (χ3v) is 3.64. The van der Waals surface area contributed by atoms with Crippen molar-refractivity contribution >= 4 is 12.0 Å². The van der Waals surface area contributed by atoms with Gasteiger partial charge in [0.05, 0.1) is 0 Å². The number of piperidine rings is 1. The van der Waals surface area contributed by atoms with Crippen molar-refractivity contribution in [3.63, 3.8) is 0 Å². The lowest BCUT2D eigenvalue weighted by atomic mass is 9.99. The van der Waals surface area contributed by atoms with Crippen LogP contribution in [0.4, 0.5) is 4.79 Å².